The summed E-state index contributed by atoms with van der Waals surface area (Å²) >= 11 is 1.91. The Hall–Kier alpha value is -1.24. The topological polar surface area (TPSA) is 69.2 Å². The van der Waals surface area contributed by atoms with Gasteiger partial charge in [0, 0.05) is 32.6 Å². The Kier molecular flexibility index (Phi) is 6.85. The lowest BCUT2D eigenvalue weighted by Gasteiger charge is -2.33. The summed E-state index contributed by atoms with van der Waals surface area (Å²) in [5.41, 5.74) is 0. The van der Waals surface area contributed by atoms with Gasteiger partial charge < -0.3 is 10.2 Å². The molecule has 1 saturated heterocycles. The van der Waals surface area contributed by atoms with Crippen molar-refractivity contribution in [3.8, 4) is 0 Å². The molecule has 0 bridgehead atoms. The van der Waals surface area contributed by atoms with Crippen LogP contribution in [0, 0.1) is 0 Å². The Balaban J connectivity index is 1.72. The Labute approximate surface area is 131 Å². The van der Waals surface area contributed by atoms with Crippen LogP contribution < -0.4 is 5.32 Å². The quantitative estimate of drug-likeness (QED) is 0.475. The molecular formula is C14H26N6S. The molecule has 1 aromatic rings. The molecule has 1 fully saturated rings. The number of rotatable bonds is 6. The number of guanidine groups is 1. The number of hydrogen-bond acceptors (Lipinski definition) is 4. The van der Waals surface area contributed by atoms with E-state index in [9.17, 15) is 0 Å². The third-order valence-corrected chi connectivity index (χ3v) is 4.58. The van der Waals surface area contributed by atoms with Gasteiger partial charge in [0.05, 0.1) is 0 Å². The highest BCUT2D eigenvalue weighted by Gasteiger charge is 2.24. The predicted molar refractivity (Wildman–Crippen MR) is 88.9 cm³/mol. The molecule has 1 aliphatic rings. The molecule has 2 rings (SSSR count). The molecule has 0 atom stereocenters. The van der Waals surface area contributed by atoms with Gasteiger partial charge in [-0.15, -0.1) is 0 Å². The second-order valence-corrected chi connectivity index (χ2v) is 6.29. The molecule has 2 heterocycles. The van der Waals surface area contributed by atoms with Gasteiger partial charge in [0.25, 0.3) is 0 Å². The van der Waals surface area contributed by atoms with Crippen LogP contribution in [0.15, 0.2) is 11.3 Å². The summed E-state index contributed by atoms with van der Waals surface area (Å²) in [6.45, 7) is 3.06. The molecule has 2 N–H and O–H groups in total. The van der Waals surface area contributed by atoms with Gasteiger partial charge in [-0.05, 0) is 37.7 Å². The van der Waals surface area contributed by atoms with Gasteiger partial charge in [0.15, 0.2) is 5.96 Å². The zero-order valence-electron chi connectivity index (χ0n) is 13.0. The summed E-state index contributed by atoms with van der Waals surface area (Å²) in [5, 5.41) is 10.4. The van der Waals surface area contributed by atoms with Crippen molar-refractivity contribution in [3.05, 3.63) is 12.2 Å². The molecule has 0 saturated carbocycles. The first-order valence-corrected chi connectivity index (χ1v) is 9.04. The smallest absolute Gasteiger partial charge is 0.193 e. The van der Waals surface area contributed by atoms with Crippen LogP contribution in [0.3, 0.4) is 0 Å². The normalized spacial score (nSPS) is 17.2. The maximum atomic E-state index is 4.41. The summed E-state index contributed by atoms with van der Waals surface area (Å²) in [6.07, 6.45) is 8.42. The minimum absolute atomic E-state index is 0.503. The van der Waals surface area contributed by atoms with Crippen molar-refractivity contribution in [1.82, 2.24) is 25.4 Å². The van der Waals surface area contributed by atoms with Crippen molar-refractivity contribution in [2.45, 2.75) is 31.6 Å². The van der Waals surface area contributed by atoms with Crippen LogP contribution in [0.4, 0.5) is 0 Å². The Morgan fingerprint density at radius 2 is 2.29 bits per heavy atom. The monoisotopic (exact) mass is 310 g/mol. The third kappa shape index (κ3) is 4.91. The maximum Gasteiger partial charge on any atom is 0.193 e. The van der Waals surface area contributed by atoms with E-state index in [-0.39, 0.29) is 0 Å². The maximum absolute atomic E-state index is 4.41. The average Bonchev–Trinajstić information content (AvgIpc) is 3.06. The molecule has 21 heavy (non-hydrogen) atoms. The SMILES string of the molecule is CN=C(NCCCCSC)N1CCC(c2ncn[nH]2)CC1. The van der Waals surface area contributed by atoms with Crippen LogP contribution in [0.25, 0.3) is 0 Å². The van der Waals surface area contributed by atoms with Crippen LogP contribution in [0.1, 0.15) is 37.4 Å². The number of likely N-dealkylation sites (tertiary alicyclic amines) is 1. The zero-order valence-corrected chi connectivity index (χ0v) is 13.8. The first-order chi connectivity index (χ1) is 10.3. The minimum atomic E-state index is 0.503. The van der Waals surface area contributed by atoms with Crippen LogP contribution in [-0.4, -0.2) is 64.7 Å². The van der Waals surface area contributed by atoms with E-state index in [1.165, 1.54) is 18.6 Å². The van der Waals surface area contributed by atoms with Crippen molar-refractivity contribution < 1.29 is 0 Å². The first kappa shape index (κ1) is 16.1. The zero-order chi connectivity index (χ0) is 14.9. The summed E-state index contributed by atoms with van der Waals surface area (Å²) in [7, 11) is 1.87. The van der Waals surface area contributed by atoms with E-state index in [4.69, 9.17) is 0 Å². The van der Waals surface area contributed by atoms with E-state index in [0.29, 0.717) is 5.92 Å². The summed E-state index contributed by atoms with van der Waals surface area (Å²) in [6, 6.07) is 0. The molecule has 0 spiro atoms. The molecule has 1 aromatic heterocycles. The molecule has 0 aliphatic carbocycles. The van der Waals surface area contributed by atoms with Gasteiger partial charge in [-0.25, -0.2) is 4.98 Å². The molecular weight excluding hydrogens is 284 g/mol. The summed E-state index contributed by atoms with van der Waals surface area (Å²) < 4.78 is 0. The van der Waals surface area contributed by atoms with E-state index in [1.54, 1.807) is 6.33 Å². The predicted octanol–water partition coefficient (Wildman–Crippen LogP) is 1.70. The van der Waals surface area contributed by atoms with Crippen LogP contribution in [-0.2, 0) is 0 Å². The van der Waals surface area contributed by atoms with E-state index in [2.05, 4.69) is 36.6 Å². The standard InChI is InChI=1S/C14H26N6S/c1-15-14(16-7-3-4-10-21-2)20-8-5-12(6-9-20)13-17-11-18-19-13/h11-12H,3-10H2,1-2H3,(H,15,16)(H,17,18,19). The summed E-state index contributed by atoms with van der Waals surface area (Å²) in [5.74, 6) is 3.80. The molecule has 0 radical (unpaired) electrons. The van der Waals surface area contributed by atoms with Gasteiger partial charge >= 0.3 is 0 Å². The fraction of sp³-hybridized carbons (Fsp3) is 0.786. The first-order valence-electron chi connectivity index (χ1n) is 7.65. The third-order valence-electron chi connectivity index (χ3n) is 3.89. The number of H-pyrrole nitrogens is 1. The second-order valence-electron chi connectivity index (χ2n) is 5.31. The number of hydrogen-bond donors (Lipinski definition) is 2. The largest absolute Gasteiger partial charge is 0.356 e. The number of thioether (sulfide) groups is 1. The number of aromatic nitrogens is 3. The highest BCUT2D eigenvalue weighted by Crippen LogP contribution is 2.24. The Morgan fingerprint density at radius 3 is 2.90 bits per heavy atom. The number of unbranched alkanes of at least 4 members (excludes halogenated alkanes) is 1. The van der Waals surface area contributed by atoms with E-state index in [1.807, 2.05) is 18.8 Å². The van der Waals surface area contributed by atoms with Crippen molar-refractivity contribution in [2.75, 3.05) is 38.7 Å². The van der Waals surface area contributed by atoms with E-state index < -0.39 is 0 Å². The lowest BCUT2D eigenvalue weighted by atomic mass is 9.96. The molecule has 6 nitrogen and oxygen atoms in total. The van der Waals surface area contributed by atoms with E-state index >= 15 is 0 Å². The van der Waals surface area contributed by atoms with Crippen molar-refractivity contribution in [3.63, 3.8) is 0 Å². The highest BCUT2D eigenvalue weighted by molar-refractivity contribution is 7.98. The van der Waals surface area contributed by atoms with Crippen molar-refractivity contribution in [1.29, 1.82) is 0 Å². The number of aliphatic imine (C=N–C) groups is 1. The number of nitrogens with zero attached hydrogens (tertiary/aromatic N) is 4. The molecule has 0 amide bonds. The van der Waals surface area contributed by atoms with Gasteiger partial charge in [-0.2, -0.15) is 16.9 Å². The van der Waals surface area contributed by atoms with Crippen molar-refractivity contribution in [2.24, 2.45) is 4.99 Å². The fourth-order valence-corrected chi connectivity index (χ4v) is 3.17. The van der Waals surface area contributed by atoms with Crippen LogP contribution in [0.5, 0.6) is 0 Å². The van der Waals surface area contributed by atoms with Crippen LogP contribution in [0.2, 0.25) is 0 Å². The summed E-state index contributed by atoms with van der Waals surface area (Å²) in [4.78, 5) is 11.0. The molecule has 1 aliphatic heterocycles. The number of aromatic amines is 1. The van der Waals surface area contributed by atoms with Gasteiger partial charge in [0.2, 0.25) is 0 Å². The second kappa shape index (κ2) is 8.92. The van der Waals surface area contributed by atoms with Crippen LogP contribution >= 0.6 is 11.8 Å². The highest BCUT2D eigenvalue weighted by atomic mass is 32.2. The average molecular weight is 310 g/mol. The number of nitrogens with one attached hydrogen (secondary N) is 2. The van der Waals surface area contributed by atoms with Gasteiger partial charge in [0.1, 0.15) is 12.2 Å². The molecule has 7 heteroatoms. The van der Waals surface area contributed by atoms with Gasteiger partial charge in [-0.1, -0.05) is 0 Å². The molecule has 118 valence electrons. The number of piperidine rings is 1. The minimum Gasteiger partial charge on any atom is -0.356 e. The molecule has 0 unspecified atom stereocenters. The molecule has 0 aromatic carbocycles. The Bertz CT molecular complexity index is 411. The van der Waals surface area contributed by atoms with Gasteiger partial charge in [-0.3, -0.25) is 10.1 Å². The fourth-order valence-electron chi connectivity index (χ4n) is 2.68. The Morgan fingerprint density at radius 1 is 1.48 bits per heavy atom. The lowest BCUT2D eigenvalue weighted by molar-refractivity contribution is 0.299. The lowest BCUT2D eigenvalue weighted by Crippen LogP contribution is -2.45. The van der Waals surface area contributed by atoms with Crippen molar-refractivity contribution >= 4 is 17.7 Å². The van der Waals surface area contributed by atoms with E-state index in [0.717, 1.165) is 44.3 Å².